The molecule has 2 saturated heterocycles. The van der Waals surface area contributed by atoms with Crippen molar-refractivity contribution in [3.05, 3.63) is 94.3 Å². The zero-order valence-electron chi connectivity index (χ0n) is 19.2. The van der Waals surface area contributed by atoms with E-state index in [2.05, 4.69) is 10.1 Å². The van der Waals surface area contributed by atoms with E-state index < -0.39 is 35.5 Å². The third kappa shape index (κ3) is 4.12. The van der Waals surface area contributed by atoms with Gasteiger partial charge >= 0.3 is 5.69 Å². The summed E-state index contributed by atoms with van der Waals surface area (Å²) in [5, 5.41) is 3.91. The van der Waals surface area contributed by atoms with Gasteiger partial charge in [0.1, 0.15) is 23.8 Å². The molecule has 2 aliphatic heterocycles. The van der Waals surface area contributed by atoms with E-state index in [9.17, 15) is 22.4 Å². The highest BCUT2D eigenvalue weighted by atomic mass is 19.1. The number of benzene rings is 2. The number of ether oxygens (including phenoxy) is 2. The van der Waals surface area contributed by atoms with E-state index in [1.54, 1.807) is 0 Å². The van der Waals surface area contributed by atoms with Crippen LogP contribution in [-0.2, 0) is 11.3 Å². The van der Waals surface area contributed by atoms with Crippen molar-refractivity contribution in [2.75, 3.05) is 31.2 Å². The van der Waals surface area contributed by atoms with Gasteiger partial charge in [0.15, 0.2) is 23.1 Å². The molecule has 0 saturated carbocycles. The molecule has 37 heavy (non-hydrogen) atoms. The molecule has 0 amide bonds. The van der Waals surface area contributed by atoms with Gasteiger partial charge in [0.05, 0.1) is 37.1 Å². The number of rotatable bonds is 6. The molecule has 0 aliphatic carbocycles. The fourth-order valence-electron chi connectivity index (χ4n) is 4.46. The summed E-state index contributed by atoms with van der Waals surface area (Å²) in [7, 11) is 0. The van der Waals surface area contributed by atoms with Crippen LogP contribution in [0.2, 0.25) is 0 Å². The van der Waals surface area contributed by atoms with E-state index in [1.807, 2.05) is 4.90 Å². The van der Waals surface area contributed by atoms with Crippen LogP contribution in [0.3, 0.4) is 0 Å². The zero-order valence-corrected chi connectivity index (χ0v) is 19.2. The predicted molar refractivity (Wildman–Crippen MR) is 123 cm³/mol. The maximum absolute atomic E-state index is 14.9. The Labute approximate surface area is 207 Å². The minimum absolute atomic E-state index is 0.0482. The molecule has 0 unspecified atom stereocenters. The molecule has 8 nitrogen and oxygen atoms in total. The van der Waals surface area contributed by atoms with Gasteiger partial charge in [-0.1, -0.05) is 6.07 Å². The number of pyridine rings is 1. The van der Waals surface area contributed by atoms with Crippen molar-refractivity contribution in [2.24, 2.45) is 5.41 Å². The summed E-state index contributed by atoms with van der Waals surface area (Å²) in [5.74, 6) is -3.19. The fraction of sp³-hybridized carbons (Fsp3) is 0.240. The second-order valence-corrected chi connectivity index (χ2v) is 9.19. The monoisotopic (exact) mass is 513 g/mol. The van der Waals surface area contributed by atoms with E-state index in [0.29, 0.717) is 19.0 Å². The lowest BCUT2D eigenvalue weighted by atomic mass is 9.78. The van der Waals surface area contributed by atoms with Gasteiger partial charge in [-0.15, -0.1) is 0 Å². The van der Waals surface area contributed by atoms with Crippen LogP contribution in [0.4, 0.5) is 23.4 Å². The van der Waals surface area contributed by atoms with Crippen molar-refractivity contribution in [3.63, 3.8) is 0 Å². The first kappa shape index (κ1) is 23.2. The molecule has 2 aromatic carbocycles. The highest BCUT2D eigenvalue weighted by molar-refractivity contribution is 5.49. The maximum atomic E-state index is 14.9. The Kier molecular flexibility index (Phi) is 5.48. The number of halogens is 4. The van der Waals surface area contributed by atoms with Gasteiger partial charge in [0, 0.05) is 30.8 Å². The first-order chi connectivity index (χ1) is 17.8. The minimum Gasteiger partial charge on any atom is -0.451 e. The number of hydrogen-bond acceptors (Lipinski definition) is 6. The van der Waals surface area contributed by atoms with Crippen LogP contribution in [0.1, 0.15) is 5.56 Å². The molecule has 4 aromatic rings. The highest BCUT2D eigenvalue weighted by Crippen LogP contribution is 2.40. The van der Waals surface area contributed by atoms with Crippen molar-refractivity contribution >= 4 is 5.82 Å². The van der Waals surface area contributed by atoms with Crippen LogP contribution < -0.4 is 15.3 Å². The third-order valence-electron chi connectivity index (χ3n) is 6.50. The third-order valence-corrected chi connectivity index (χ3v) is 6.50. The number of nitrogens with zero attached hydrogens (tertiary/aromatic N) is 5. The molecule has 4 heterocycles. The van der Waals surface area contributed by atoms with Gasteiger partial charge in [-0.05, 0) is 24.3 Å². The Morgan fingerprint density at radius 2 is 1.70 bits per heavy atom. The van der Waals surface area contributed by atoms with Crippen LogP contribution in [0.15, 0.2) is 59.8 Å². The highest BCUT2D eigenvalue weighted by Gasteiger charge is 2.49. The molecule has 0 N–H and O–H groups in total. The van der Waals surface area contributed by atoms with E-state index in [0.717, 1.165) is 53.1 Å². The van der Waals surface area contributed by atoms with Gasteiger partial charge in [-0.3, -0.25) is 4.57 Å². The van der Waals surface area contributed by atoms with Gasteiger partial charge in [-0.2, -0.15) is 9.78 Å². The lowest BCUT2D eigenvalue weighted by Crippen LogP contribution is -2.66. The van der Waals surface area contributed by atoms with Gasteiger partial charge in [0.2, 0.25) is 0 Å². The Bertz CT molecular complexity index is 1540. The molecule has 2 aliphatic rings. The van der Waals surface area contributed by atoms with Crippen LogP contribution in [0, 0.1) is 28.7 Å². The largest absolute Gasteiger partial charge is 0.451 e. The molecule has 1 spiro atoms. The molecule has 2 aromatic heterocycles. The average molecular weight is 513 g/mol. The van der Waals surface area contributed by atoms with E-state index in [1.165, 1.54) is 24.3 Å². The number of aromatic nitrogens is 4. The molecular weight excluding hydrogens is 494 g/mol. The van der Waals surface area contributed by atoms with Crippen molar-refractivity contribution in [2.45, 2.75) is 6.54 Å². The smallest absolute Gasteiger partial charge is 0.350 e. The SMILES string of the molecule is O=c1n(Cc2c(F)cccc2F)cnn1-c1ccc(Oc2cc(N3CC4(COC4)C3)ncc2F)c(F)c1. The Balaban J connectivity index is 1.21. The molecule has 0 atom stereocenters. The second-order valence-electron chi connectivity index (χ2n) is 9.19. The van der Waals surface area contributed by atoms with Crippen LogP contribution in [0.25, 0.3) is 5.69 Å². The summed E-state index contributed by atoms with van der Waals surface area (Å²) in [6, 6.07) is 8.37. The summed E-state index contributed by atoms with van der Waals surface area (Å²) < 4.78 is 69.8. The second kappa shape index (κ2) is 8.73. The van der Waals surface area contributed by atoms with Crippen molar-refractivity contribution < 1.29 is 27.0 Å². The summed E-state index contributed by atoms with van der Waals surface area (Å²) in [5.41, 5.74) is -0.850. The quantitative estimate of drug-likeness (QED) is 0.367. The number of hydrogen-bond donors (Lipinski definition) is 0. The average Bonchev–Trinajstić information content (AvgIpc) is 3.18. The Morgan fingerprint density at radius 3 is 2.38 bits per heavy atom. The fourth-order valence-corrected chi connectivity index (χ4v) is 4.46. The number of anilines is 1. The van der Waals surface area contributed by atoms with E-state index in [-0.39, 0.29) is 28.2 Å². The maximum Gasteiger partial charge on any atom is 0.350 e. The van der Waals surface area contributed by atoms with Gasteiger partial charge in [-0.25, -0.2) is 27.3 Å². The lowest BCUT2D eigenvalue weighted by molar-refractivity contribution is -0.127. The molecule has 0 bridgehead atoms. The summed E-state index contributed by atoms with van der Waals surface area (Å²) in [6.07, 6.45) is 2.11. The zero-order chi connectivity index (χ0) is 25.7. The molecule has 12 heteroatoms. The first-order valence-corrected chi connectivity index (χ1v) is 11.4. The van der Waals surface area contributed by atoms with Crippen LogP contribution in [-0.4, -0.2) is 45.6 Å². The molecular formula is C25H19F4N5O3. The first-order valence-electron chi connectivity index (χ1n) is 11.4. The van der Waals surface area contributed by atoms with Crippen molar-refractivity contribution in [3.8, 4) is 17.2 Å². The van der Waals surface area contributed by atoms with Crippen molar-refractivity contribution in [1.82, 2.24) is 19.3 Å². The lowest BCUT2D eigenvalue weighted by Gasteiger charge is -2.55. The summed E-state index contributed by atoms with van der Waals surface area (Å²) in [6.45, 7) is 2.45. The van der Waals surface area contributed by atoms with Gasteiger partial charge < -0.3 is 14.4 Å². The van der Waals surface area contributed by atoms with Gasteiger partial charge in [0.25, 0.3) is 0 Å². The molecule has 6 rings (SSSR count). The molecule has 0 radical (unpaired) electrons. The normalized spacial score (nSPS) is 15.9. The van der Waals surface area contributed by atoms with Crippen molar-refractivity contribution in [1.29, 1.82) is 0 Å². The summed E-state index contributed by atoms with van der Waals surface area (Å²) >= 11 is 0. The molecule has 190 valence electrons. The van der Waals surface area contributed by atoms with Crippen LogP contribution >= 0.6 is 0 Å². The summed E-state index contributed by atoms with van der Waals surface area (Å²) in [4.78, 5) is 18.8. The predicted octanol–water partition coefficient (Wildman–Crippen LogP) is 3.66. The van der Waals surface area contributed by atoms with Crippen LogP contribution in [0.5, 0.6) is 11.5 Å². The van der Waals surface area contributed by atoms with E-state index >= 15 is 0 Å². The molecule has 2 fully saturated rings. The van der Waals surface area contributed by atoms with E-state index in [4.69, 9.17) is 9.47 Å². The standard InChI is InChI=1S/C25H19F4N5O3/c26-17-2-1-3-18(27)16(17)9-32-14-31-34(24(32)35)15-4-5-21(19(28)6-15)37-22-7-23(30-8-20(22)29)33-10-25(11-33)12-36-13-25/h1-8,14H,9-13H2. The Morgan fingerprint density at radius 1 is 0.946 bits per heavy atom. The minimum atomic E-state index is -0.869. The Hall–Kier alpha value is -4.19. The topological polar surface area (TPSA) is 74.4 Å².